The number of furan rings is 2. The van der Waals surface area contributed by atoms with Crippen LogP contribution in [0.1, 0.15) is 48.7 Å². The first-order valence-electron chi connectivity index (χ1n) is 11.7. The number of H-pyrrole nitrogens is 1. The van der Waals surface area contributed by atoms with Crippen LogP contribution < -0.4 is 21.9 Å². The third kappa shape index (κ3) is 5.08. The minimum Gasteiger partial charge on any atom is -0.472 e. The second-order valence-electron chi connectivity index (χ2n) is 8.60. The molecule has 4 heterocycles. The molecule has 1 aliphatic heterocycles. The van der Waals surface area contributed by atoms with Crippen molar-refractivity contribution in [3.05, 3.63) is 69.2 Å². The summed E-state index contributed by atoms with van der Waals surface area (Å²) in [5, 5.41) is 0. The van der Waals surface area contributed by atoms with E-state index in [0.29, 0.717) is 43.7 Å². The molecule has 0 saturated carbocycles. The van der Waals surface area contributed by atoms with Crippen molar-refractivity contribution in [1.29, 1.82) is 0 Å². The maximum absolute atomic E-state index is 13.8. The summed E-state index contributed by atoms with van der Waals surface area (Å²) in [6, 6.07) is 4.95. The number of carbonyl (C=O) groups excluding carboxylic acids is 2. The zero-order valence-corrected chi connectivity index (χ0v) is 19.6. The van der Waals surface area contributed by atoms with Crippen LogP contribution in [0.15, 0.2) is 55.4 Å². The highest BCUT2D eigenvalue weighted by Crippen LogP contribution is 2.27. The lowest BCUT2D eigenvalue weighted by atomic mass is 9.95. The summed E-state index contributed by atoms with van der Waals surface area (Å²) in [6.07, 6.45) is 6.92. The van der Waals surface area contributed by atoms with Gasteiger partial charge in [0.2, 0.25) is 5.91 Å². The van der Waals surface area contributed by atoms with Gasteiger partial charge in [0.05, 0.1) is 30.6 Å². The second kappa shape index (κ2) is 10.5. The number of unbranched alkanes of at least 4 members (excludes halogenated alkanes) is 1. The molecule has 0 bridgehead atoms. The lowest BCUT2D eigenvalue weighted by Crippen LogP contribution is -2.48. The van der Waals surface area contributed by atoms with E-state index in [4.69, 9.17) is 14.6 Å². The van der Waals surface area contributed by atoms with Gasteiger partial charge in [0.25, 0.3) is 11.5 Å². The Morgan fingerprint density at radius 2 is 2.09 bits per heavy atom. The molecule has 11 heteroatoms. The Bertz CT molecular complexity index is 1270. The van der Waals surface area contributed by atoms with Crippen molar-refractivity contribution in [2.75, 3.05) is 23.7 Å². The topological polar surface area (TPSA) is 148 Å². The van der Waals surface area contributed by atoms with E-state index in [9.17, 15) is 19.2 Å². The quantitative estimate of drug-likeness (QED) is 0.499. The highest BCUT2D eigenvalue weighted by atomic mass is 16.3. The first-order chi connectivity index (χ1) is 16.9. The molecule has 0 aromatic carbocycles. The van der Waals surface area contributed by atoms with Gasteiger partial charge < -0.3 is 19.5 Å². The molecule has 1 aliphatic rings. The zero-order chi connectivity index (χ0) is 24.9. The number of piperidine rings is 1. The normalized spacial score (nSPS) is 15.8. The van der Waals surface area contributed by atoms with Gasteiger partial charge in [-0.3, -0.25) is 28.8 Å². The largest absolute Gasteiger partial charge is 0.472 e. The maximum Gasteiger partial charge on any atom is 0.330 e. The molecule has 186 valence electrons. The molecule has 0 spiro atoms. The molecule has 1 saturated heterocycles. The average molecular weight is 484 g/mol. The van der Waals surface area contributed by atoms with Gasteiger partial charge in [-0.05, 0) is 37.5 Å². The van der Waals surface area contributed by atoms with Crippen LogP contribution in [0.3, 0.4) is 0 Å². The van der Waals surface area contributed by atoms with E-state index in [2.05, 4.69) is 4.98 Å². The van der Waals surface area contributed by atoms with Crippen LogP contribution in [0.5, 0.6) is 0 Å². The summed E-state index contributed by atoms with van der Waals surface area (Å²) < 4.78 is 11.7. The van der Waals surface area contributed by atoms with Crippen molar-refractivity contribution in [2.24, 2.45) is 5.92 Å². The fraction of sp³-hybridized carbons (Fsp3) is 0.417. The minimum atomic E-state index is -0.748. The highest BCUT2D eigenvalue weighted by molar-refractivity contribution is 5.98. The van der Waals surface area contributed by atoms with E-state index in [1.807, 2.05) is 6.92 Å². The number of aromatic amines is 1. The van der Waals surface area contributed by atoms with Crippen LogP contribution in [0.25, 0.3) is 0 Å². The third-order valence-electron chi connectivity index (χ3n) is 6.21. The second-order valence-corrected chi connectivity index (χ2v) is 8.60. The SMILES string of the molecule is CCCCn1c(N)c(N(Cc2ccco2)C(=O)C2CCCN(C(=O)c3ccoc3)C2)c(=O)[nH]c1=O. The van der Waals surface area contributed by atoms with Crippen molar-refractivity contribution in [3.8, 4) is 0 Å². The number of amides is 2. The van der Waals surface area contributed by atoms with E-state index < -0.39 is 17.2 Å². The van der Waals surface area contributed by atoms with Crippen LogP contribution in [-0.2, 0) is 17.9 Å². The van der Waals surface area contributed by atoms with E-state index in [1.165, 1.54) is 28.3 Å². The summed E-state index contributed by atoms with van der Waals surface area (Å²) in [5.41, 5.74) is 5.25. The van der Waals surface area contributed by atoms with Gasteiger partial charge in [-0.1, -0.05) is 13.3 Å². The Morgan fingerprint density at radius 3 is 2.77 bits per heavy atom. The van der Waals surface area contributed by atoms with Crippen molar-refractivity contribution in [1.82, 2.24) is 14.5 Å². The summed E-state index contributed by atoms with van der Waals surface area (Å²) in [6.45, 7) is 2.93. The summed E-state index contributed by atoms with van der Waals surface area (Å²) in [7, 11) is 0. The van der Waals surface area contributed by atoms with E-state index in [-0.39, 0.29) is 36.4 Å². The van der Waals surface area contributed by atoms with Crippen molar-refractivity contribution >= 4 is 23.3 Å². The van der Waals surface area contributed by atoms with Crippen LogP contribution >= 0.6 is 0 Å². The van der Waals surface area contributed by atoms with Crippen LogP contribution in [-0.4, -0.2) is 39.4 Å². The molecule has 3 aromatic rings. The zero-order valence-electron chi connectivity index (χ0n) is 19.6. The number of nitrogen functional groups attached to an aromatic ring is 1. The monoisotopic (exact) mass is 483 g/mol. The standard InChI is InChI=1S/C24H29N5O6/c1-2-3-10-28-20(25)19(21(30)26-24(28)33)29(14-18-7-5-11-35-18)23(32)16-6-4-9-27(13-16)22(31)17-8-12-34-15-17/h5,7-8,11-12,15-16H,2-4,6,9-10,13-14,25H2,1H3,(H,26,30,33). The van der Waals surface area contributed by atoms with Crippen molar-refractivity contribution < 1.29 is 18.4 Å². The predicted octanol–water partition coefficient (Wildman–Crippen LogP) is 2.19. The Hall–Kier alpha value is -4.02. The Labute approximate surface area is 201 Å². The fourth-order valence-electron chi connectivity index (χ4n) is 4.35. The van der Waals surface area contributed by atoms with Crippen molar-refractivity contribution in [2.45, 2.75) is 45.7 Å². The molecule has 4 rings (SSSR count). The summed E-state index contributed by atoms with van der Waals surface area (Å²) >= 11 is 0. The molecule has 11 nitrogen and oxygen atoms in total. The molecule has 0 aliphatic carbocycles. The highest BCUT2D eigenvalue weighted by Gasteiger charge is 2.35. The number of likely N-dealkylation sites (tertiary alicyclic amines) is 1. The molecule has 1 atom stereocenters. The fourth-order valence-corrected chi connectivity index (χ4v) is 4.35. The molecule has 1 unspecified atom stereocenters. The first-order valence-corrected chi connectivity index (χ1v) is 11.7. The third-order valence-corrected chi connectivity index (χ3v) is 6.21. The minimum absolute atomic E-state index is 0.0444. The van der Waals surface area contributed by atoms with Gasteiger partial charge in [-0.15, -0.1) is 0 Å². The molecule has 35 heavy (non-hydrogen) atoms. The Kier molecular flexibility index (Phi) is 7.23. The molecular weight excluding hydrogens is 454 g/mol. The van der Waals surface area contributed by atoms with Crippen LogP contribution in [0.4, 0.5) is 11.5 Å². The number of nitrogens with two attached hydrogens (primary N) is 1. The van der Waals surface area contributed by atoms with Crippen molar-refractivity contribution in [3.63, 3.8) is 0 Å². The van der Waals surface area contributed by atoms with Gasteiger partial charge in [-0.25, -0.2) is 4.79 Å². The smallest absolute Gasteiger partial charge is 0.330 e. The number of nitrogens with zero attached hydrogens (tertiary/aromatic N) is 3. The molecule has 2 amide bonds. The maximum atomic E-state index is 13.8. The molecule has 3 aromatic heterocycles. The van der Waals surface area contributed by atoms with E-state index >= 15 is 0 Å². The van der Waals surface area contributed by atoms with Crippen LogP contribution in [0, 0.1) is 5.92 Å². The van der Waals surface area contributed by atoms with Gasteiger partial charge in [0.1, 0.15) is 17.8 Å². The van der Waals surface area contributed by atoms with E-state index in [1.54, 1.807) is 23.1 Å². The number of anilines is 2. The lowest BCUT2D eigenvalue weighted by Gasteiger charge is -2.34. The van der Waals surface area contributed by atoms with Gasteiger partial charge in [0.15, 0.2) is 5.69 Å². The molecule has 3 N–H and O–H groups in total. The number of aromatic nitrogens is 2. The van der Waals surface area contributed by atoms with E-state index in [0.717, 1.165) is 6.42 Å². The number of rotatable bonds is 8. The predicted molar refractivity (Wildman–Crippen MR) is 128 cm³/mol. The summed E-state index contributed by atoms with van der Waals surface area (Å²) in [4.78, 5) is 57.2. The van der Waals surface area contributed by atoms with Gasteiger partial charge >= 0.3 is 5.69 Å². The molecular formula is C24H29N5O6. The molecule has 1 fully saturated rings. The number of hydrogen-bond donors (Lipinski definition) is 2. The van der Waals surface area contributed by atoms with Gasteiger partial charge in [-0.2, -0.15) is 0 Å². The van der Waals surface area contributed by atoms with Gasteiger partial charge in [0, 0.05) is 19.6 Å². The number of nitrogens with one attached hydrogen (secondary N) is 1. The lowest BCUT2D eigenvalue weighted by molar-refractivity contribution is -0.123. The number of carbonyl (C=O) groups is 2. The number of hydrogen-bond acceptors (Lipinski definition) is 7. The Balaban J connectivity index is 1.68. The first kappa shape index (κ1) is 24.1. The molecule has 0 radical (unpaired) electrons. The average Bonchev–Trinajstić information content (AvgIpc) is 3.57. The van der Waals surface area contributed by atoms with Crippen LogP contribution in [0.2, 0.25) is 0 Å². The Morgan fingerprint density at radius 1 is 1.26 bits per heavy atom. The summed E-state index contributed by atoms with van der Waals surface area (Å²) in [5.74, 6) is -0.785.